The maximum Gasteiger partial charge on any atom is 0.154 e. The zero-order valence-electron chi connectivity index (χ0n) is 12.3. The highest BCUT2D eigenvalue weighted by Gasteiger charge is 2.23. The molecule has 1 heterocycles. The highest BCUT2D eigenvalue weighted by Crippen LogP contribution is 2.26. The summed E-state index contributed by atoms with van der Waals surface area (Å²) < 4.78 is 25.2. The molecule has 0 aliphatic carbocycles. The molecule has 0 atom stereocenters. The smallest absolute Gasteiger partial charge is 0.154 e. The van der Waals surface area contributed by atoms with E-state index in [-0.39, 0.29) is 11.3 Å². The van der Waals surface area contributed by atoms with E-state index in [0.29, 0.717) is 12.4 Å². The number of rotatable bonds is 3. The summed E-state index contributed by atoms with van der Waals surface area (Å²) in [5, 5.41) is 0. The fourth-order valence-corrected chi connectivity index (χ4v) is 3.05. The first kappa shape index (κ1) is 15.0. The normalized spacial score (nSPS) is 13.1. The third-order valence-electron chi connectivity index (χ3n) is 3.09. The van der Waals surface area contributed by atoms with Crippen LogP contribution in [0, 0.1) is 0 Å². The first-order valence-corrected chi connectivity index (χ1v) is 8.56. The molecule has 20 heavy (non-hydrogen) atoms. The summed E-state index contributed by atoms with van der Waals surface area (Å²) in [5.41, 5.74) is 8.12. The third-order valence-corrected chi connectivity index (χ3v) is 3.87. The Morgan fingerprint density at radius 2 is 1.95 bits per heavy atom. The van der Waals surface area contributed by atoms with Crippen molar-refractivity contribution in [1.29, 1.82) is 0 Å². The largest absolute Gasteiger partial charge is 0.326 e. The third kappa shape index (κ3) is 3.02. The SMILES string of the molecule is CC(C)(C)n1c(CS(C)(=O)=O)nc2cc(CN)ccc21. The lowest BCUT2D eigenvalue weighted by molar-refractivity contribution is 0.398. The topological polar surface area (TPSA) is 78.0 Å². The molecular formula is C14H21N3O2S. The molecular weight excluding hydrogens is 274 g/mol. The molecule has 0 fully saturated rings. The van der Waals surface area contributed by atoms with Crippen molar-refractivity contribution in [3.05, 3.63) is 29.6 Å². The Morgan fingerprint density at radius 1 is 1.30 bits per heavy atom. The second kappa shape index (κ2) is 4.86. The van der Waals surface area contributed by atoms with Crippen molar-refractivity contribution in [3.8, 4) is 0 Å². The minimum atomic E-state index is -3.13. The number of nitrogens with two attached hydrogens (primary N) is 1. The van der Waals surface area contributed by atoms with Crippen LogP contribution < -0.4 is 5.73 Å². The van der Waals surface area contributed by atoms with Gasteiger partial charge in [0.15, 0.2) is 9.84 Å². The van der Waals surface area contributed by atoms with Crippen LogP contribution in [0.15, 0.2) is 18.2 Å². The Morgan fingerprint density at radius 3 is 2.45 bits per heavy atom. The maximum absolute atomic E-state index is 11.6. The lowest BCUT2D eigenvalue weighted by atomic mass is 10.1. The molecule has 0 unspecified atom stereocenters. The molecule has 0 aliphatic heterocycles. The van der Waals surface area contributed by atoms with Crippen LogP contribution in [0.4, 0.5) is 0 Å². The monoisotopic (exact) mass is 295 g/mol. The van der Waals surface area contributed by atoms with Gasteiger partial charge in [-0.3, -0.25) is 0 Å². The summed E-state index contributed by atoms with van der Waals surface area (Å²) >= 11 is 0. The van der Waals surface area contributed by atoms with Crippen molar-refractivity contribution in [2.24, 2.45) is 5.73 Å². The van der Waals surface area contributed by atoms with Crippen LogP contribution >= 0.6 is 0 Å². The number of aromatic nitrogens is 2. The number of hydrogen-bond acceptors (Lipinski definition) is 4. The van der Waals surface area contributed by atoms with E-state index in [1.165, 1.54) is 6.26 Å². The molecule has 1 aromatic heterocycles. The summed E-state index contributed by atoms with van der Waals surface area (Å²) in [7, 11) is -3.13. The van der Waals surface area contributed by atoms with Crippen molar-refractivity contribution in [3.63, 3.8) is 0 Å². The first-order chi connectivity index (χ1) is 9.12. The average molecular weight is 295 g/mol. The molecule has 0 spiro atoms. The predicted molar refractivity (Wildman–Crippen MR) is 81.2 cm³/mol. The van der Waals surface area contributed by atoms with Crippen molar-refractivity contribution in [1.82, 2.24) is 9.55 Å². The first-order valence-electron chi connectivity index (χ1n) is 6.50. The Balaban J connectivity index is 2.72. The van der Waals surface area contributed by atoms with Gasteiger partial charge in [0.25, 0.3) is 0 Å². The Kier molecular flexibility index (Phi) is 3.64. The molecule has 0 amide bonds. The Hall–Kier alpha value is -1.40. The van der Waals surface area contributed by atoms with Gasteiger partial charge < -0.3 is 10.3 Å². The summed E-state index contributed by atoms with van der Waals surface area (Å²) in [6, 6.07) is 5.83. The zero-order valence-corrected chi connectivity index (χ0v) is 13.2. The highest BCUT2D eigenvalue weighted by atomic mass is 32.2. The molecule has 1 aromatic carbocycles. The maximum atomic E-state index is 11.6. The molecule has 2 rings (SSSR count). The van der Waals surface area contributed by atoms with E-state index in [9.17, 15) is 8.42 Å². The van der Waals surface area contributed by atoms with Crippen LogP contribution in [0.1, 0.15) is 32.2 Å². The van der Waals surface area contributed by atoms with Crippen LogP contribution in [0.2, 0.25) is 0 Å². The van der Waals surface area contributed by atoms with Gasteiger partial charge in [0.2, 0.25) is 0 Å². The van der Waals surface area contributed by atoms with E-state index in [1.807, 2.05) is 43.5 Å². The number of fused-ring (bicyclic) bond motifs is 1. The highest BCUT2D eigenvalue weighted by molar-refractivity contribution is 7.89. The molecule has 0 aliphatic rings. The van der Waals surface area contributed by atoms with Gasteiger partial charge in [0.05, 0.1) is 11.0 Å². The van der Waals surface area contributed by atoms with Crippen molar-refractivity contribution in [2.45, 2.75) is 38.6 Å². The summed E-state index contributed by atoms with van der Waals surface area (Å²) in [6.45, 7) is 6.56. The fraction of sp³-hybridized carbons (Fsp3) is 0.500. The van der Waals surface area contributed by atoms with E-state index in [2.05, 4.69) is 4.98 Å². The number of benzene rings is 1. The van der Waals surface area contributed by atoms with Crippen LogP contribution in [0.3, 0.4) is 0 Å². The van der Waals surface area contributed by atoms with Gasteiger partial charge in [-0.1, -0.05) is 6.07 Å². The minimum Gasteiger partial charge on any atom is -0.326 e. The molecule has 0 bridgehead atoms. The average Bonchev–Trinajstić information content (AvgIpc) is 2.62. The molecule has 2 aromatic rings. The van der Waals surface area contributed by atoms with Gasteiger partial charge in [0.1, 0.15) is 11.6 Å². The molecule has 110 valence electrons. The zero-order chi connectivity index (χ0) is 15.1. The van der Waals surface area contributed by atoms with Crippen LogP contribution in [-0.4, -0.2) is 24.2 Å². The molecule has 0 saturated heterocycles. The van der Waals surface area contributed by atoms with Gasteiger partial charge in [-0.15, -0.1) is 0 Å². The van der Waals surface area contributed by atoms with Crippen molar-refractivity contribution in [2.75, 3.05) is 6.26 Å². The Labute approximate surface area is 119 Å². The second-order valence-corrected chi connectivity index (χ2v) is 8.27. The molecule has 6 heteroatoms. The summed E-state index contributed by atoms with van der Waals surface area (Å²) in [4.78, 5) is 4.50. The lowest BCUT2D eigenvalue weighted by Gasteiger charge is -2.24. The van der Waals surface area contributed by atoms with E-state index >= 15 is 0 Å². The molecule has 0 radical (unpaired) electrons. The van der Waals surface area contributed by atoms with E-state index in [1.54, 1.807) is 0 Å². The van der Waals surface area contributed by atoms with Crippen LogP contribution in [-0.2, 0) is 27.7 Å². The Bertz CT molecular complexity index is 740. The molecule has 0 saturated carbocycles. The second-order valence-electron chi connectivity index (χ2n) is 6.13. The van der Waals surface area contributed by atoms with Gasteiger partial charge in [-0.05, 0) is 38.5 Å². The number of imidazole rings is 1. The lowest BCUT2D eigenvalue weighted by Crippen LogP contribution is -2.25. The van der Waals surface area contributed by atoms with Gasteiger partial charge in [-0.25, -0.2) is 13.4 Å². The van der Waals surface area contributed by atoms with E-state index < -0.39 is 9.84 Å². The van der Waals surface area contributed by atoms with Crippen molar-refractivity contribution < 1.29 is 8.42 Å². The van der Waals surface area contributed by atoms with Crippen LogP contribution in [0.5, 0.6) is 0 Å². The standard InChI is InChI=1S/C14H21N3O2S/c1-14(2,3)17-12-6-5-10(8-15)7-11(12)16-13(17)9-20(4,18)19/h5-7H,8-9,15H2,1-4H3. The van der Waals surface area contributed by atoms with Crippen LogP contribution in [0.25, 0.3) is 11.0 Å². The molecule has 2 N–H and O–H groups in total. The van der Waals surface area contributed by atoms with E-state index in [0.717, 1.165) is 16.6 Å². The summed E-state index contributed by atoms with van der Waals surface area (Å²) in [6.07, 6.45) is 1.23. The number of nitrogens with zero attached hydrogens (tertiary/aromatic N) is 2. The summed E-state index contributed by atoms with van der Waals surface area (Å²) in [5.74, 6) is 0.515. The van der Waals surface area contributed by atoms with Gasteiger partial charge in [0, 0.05) is 18.3 Å². The van der Waals surface area contributed by atoms with Crippen molar-refractivity contribution >= 4 is 20.9 Å². The quantitative estimate of drug-likeness (QED) is 0.936. The number of hydrogen-bond donors (Lipinski definition) is 1. The van der Waals surface area contributed by atoms with Gasteiger partial charge in [-0.2, -0.15) is 0 Å². The molecule has 5 nitrogen and oxygen atoms in total. The number of sulfone groups is 1. The minimum absolute atomic E-state index is 0.0586. The van der Waals surface area contributed by atoms with Gasteiger partial charge >= 0.3 is 0 Å². The fourth-order valence-electron chi connectivity index (χ4n) is 2.38. The van der Waals surface area contributed by atoms with E-state index in [4.69, 9.17) is 5.73 Å². The predicted octanol–water partition coefficient (Wildman–Crippen LogP) is 1.79.